The van der Waals surface area contributed by atoms with Gasteiger partial charge >= 0.3 is 6.09 Å². The van der Waals surface area contributed by atoms with Crippen molar-refractivity contribution in [1.82, 2.24) is 4.90 Å². The third-order valence-electron chi connectivity index (χ3n) is 5.33. The van der Waals surface area contributed by atoms with Gasteiger partial charge in [0.05, 0.1) is 0 Å². The fourth-order valence-electron chi connectivity index (χ4n) is 3.87. The average Bonchev–Trinajstić information content (AvgIpc) is 2.67. The Bertz CT molecular complexity index is 811. The lowest BCUT2D eigenvalue weighted by molar-refractivity contribution is 0.0202. The lowest BCUT2D eigenvalue weighted by Crippen LogP contribution is -2.57. The second-order valence-corrected chi connectivity index (χ2v) is 9.26. The van der Waals surface area contributed by atoms with E-state index in [2.05, 4.69) is 73.3 Å². The number of anilines is 1. The summed E-state index contributed by atoms with van der Waals surface area (Å²) in [7, 11) is 0. The standard InChI is InChI=1S/C25H34N2O2/c1-19(2)23-18-26(24(28)29-25(3,4)5)14-15-27(23)22-13-9-12-21(17-22)16-20-10-7-6-8-11-20/h6-13,17,19,23H,14-16,18H2,1-5H3/t23-/m1/s1. The molecule has 1 saturated heterocycles. The van der Waals surface area contributed by atoms with Gasteiger partial charge in [-0.05, 0) is 56.4 Å². The first-order valence-corrected chi connectivity index (χ1v) is 10.6. The highest BCUT2D eigenvalue weighted by Gasteiger charge is 2.33. The van der Waals surface area contributed by atoms with Crippen molar-refractivity contribution in [3.8, 4) is 0 Å². The van der Waals surface area contributed by atoms with Gasteiger partial charge in [0.2, 0.25) is 0 Å². The highest BCUT2D eigenvalue weighted by molar-refractivity contribution is 5.69. The van der Waals surface area contributed by atoms with Gasteiger partial charge < -0.3 is 14.5 Å². The van der Waals surface area contributed by atoms with Crippen LogP contribution in [0.1, 0.15) is 45.7 Å². The monoisotopic (exact) mass is 394 g/mol. The fourth-order valence-corrected chi connectivity index (χ4v) is 3.87. The zero-order valence-corrected chi connectivity index (χ0v) is 18.4. The van der Waals surface area contributed by atoms with Gasteiger partial charge in [-0.25, -0.2) is 4.79 Å². The van der Waals surface area contributed by atoms with E-state index >= 15 is 0 Å². The molecular weight excluding hydrogens is 360 g/mol. The molecule has 0 spiro atoms. The van der Waals surface area contributed by atoms with Crippen LogP contribution in [-0.2, 0) is 11.2 Å². The molecular formula is C25H34N2O2. The van der Waals surface area contributed by atoms with E-state index in [-0.39, 0.29) is 12.1 Å². The second kappa shape index (κ2) is 8.89. The van der Waals surface area contributed by atoms with Gasteiger partial charge in [-0.15, -0.1) is 0 Å². The topological polar surface area (TPSA) is 32.8 Å². The summed E-state index contributed by atoms with van der Waals surface area (Å²) in [5, 5.41) is 0. The normalized spacial score (nSPS) is 17.5. The molecule has 0 saturated carbocycles. The summed E-state index contributed by atoms with van der Waals surface area (Å²) < 4.78 is 5.60. The summed E-state index contributed by atoms with van der Waals surface area (Å²) in [4.78, 5) is 16.9. The Kier molecular flexibility index (Phi) is 6.51. The molecule has 4 heteroatoms. The van der Waals surface area contributed by atoms with Crippen LogP contribution in [0.4, 0.5) is 10.5 Å². The minimum Gasteiger partial charge on any atom is -0.444 e. The predicted molar refractivity (Wildman–Crippen MR) is 119 cm³/mol. The molecule has 1 aliphatic rings. The molecule has 0 aromatic heterocycles. The number of carbonyl (C=O) groups excluding carboxylic acids is 1. The number of ether oxygens (including phenoxy) is 1. The van der Waals surface area contributed by atoms with Crippen molar-refractivity contribution in [3.05, 3.63) is 65.7 Å². The number of rotatable bonds is 4. The molecule has 1 aliphatic heterocycles. The van der Waals surface area contributed by atoms with E-state index in [0.29, 0.717) is 19.0 Å². The van der Waals surface area contributed by atoms with Crippen LogP contribution in [0.25, 0.3) is 0 Å². The molecule has 0 N–H and O–H groups in total. The molecule has 4 nitrogen and oxygen atoms in total. The minimum atomic E-state index is -0.465. The smallest absolute Gasteiger partial charge is 0.410 e. The van der Waals surface area contributed by atoms with Gasteiger partial charge in [-0.3, -0.25) is 0 Å². The molecule has 0 radical (unpaired) electrons. The first-order valence-electron chi connectivity index (χ1n) is 10.6. The van der Waals surface area contributed by atoms with Crippen LogP contribution in [0, 0.1) is 5.92 Å². The number of benzene rings is 2. The lowest BCUT2D eigenvalue weighted by atomic mass is 9.97. The van der Waals surface area contributed by atoms with Crippen molar-refractivity contribution in [2.75, 3.05) is 24.5 Å². The third-order valence-corrected chi connectivity index (χ3v) is 5.33. The minimum absolute atomic E-state index is 0.208. The van der Waals surface area contributed by atoms with E-state index in [1.54, 1.807) is 0 Å². The van der Waals surface area contributed by atoms with Gasteiger partial charge in [-0.1, -0.05) is 56.3 Å². The van der Waals surface area contributed by atoms with Crippen LogP contribution >= 0.6 is 0 Å². The van der Waals surface area contributed by atoms with Crippen molar-refractivity contribution >= 4 is 11.8 Å². The summed E-state index contributed by atoms with van der Waals surface area (Å²) in [6.07, 6.45) is 0.722. The highest BCUT2D eigenvalue weighted by Crippen LogP contribution is 2.27. The molecule has 0 aliphatic carbocycles. The van der Waals surface area contributed by atoms with Crippen molar-refractivity contribution in [2.24, 2.45) is 5.92 Å². The Morgan fingerprint density at radius 1 is 1.03 bits per heavy atom. The van der Waals surface area contributed by atoms with Crippen molar-refractivity contribution in [3.63, 3.8) is 0 Å². The van der Waals surface area contributed by atoms with Crippen molar-refractivity contribution in [1.29, 1.82) is 0 Å². The van der Waals surface area contributed by atoms with E-state index in [4.69, 9.17) is 4.74 Å². The first-order chi connectivity index (χ1) is 13.7. The molecule has 1 atom stereocenters. The summed E-state index contributed by atoms with van der Waals surface area (Å²) in [6.45, 7) is 12.4. The molecule has 1 fully saturated rings. The summed E-state index contributed by atoms with van der Waals surface area (Å²) in [6, 6.07) is 19.7. The van der Waals surface area contributed by atoms with Gasteiger partial charge in [0, 0.05) is 31.4 Å². The van der Waals surface area contributed by atoms with E-state index in [1.165, 1.54) is 16.8 Å². The summed E-state index contributed by atoms with van der Waals surface area (Å²) >= 11 is 0. The molecule has 2 aromatic carbocycles. The van der Waals surface area contributed by atoms with E-state index < -0.39 is 5.60 Å². The Morgan fingerprint density at radius 2 is 1.72 bits per heavy atom. The van der Waals surface area contributed by atoms with Crippen molar-refractivity contribution < 1.29 is 9.53 Å². The molecule has 1 amide bonds. The number of hydrogen-bond acceptors (Lipinski definition) is 3. The van der Waals surface area contributed by atoms with Crippen molar-refractivity contribution in [2.45, 2.75) is 52.7 Å². The first kappa shape index (κ1) is 21.2. The third kappa shape index (κ3) is 5.75. The molecule has 3 rings (SSSR count). The zero-order chi connectivity index (χ0) is 21.0. The average molecular weight is 395 g/mol. The Balaban J connectivity index is 1.75. The molecule has 0 bridgehead atoms. The number of carbonyl (C=O) groups is 1. The van der Waals surface area contributed by atoms with Crippen LogP contribution in [0.3, 0.4) is 0 Å². The number of nitrogens with zero attached hydrogens (tertiary/aromatic N) is 2. The fraction of sp³-hybridized carbons (Fsp3) is 0.480. The quantitative estimate of drug-likeness (QED) is 0.700. The lowest BCUT2D eigenvalue weighted by Gasteiger charge is -2.44. The number of piperazine rings is 1. The molecule has 1 heterocycles. The van der Waals surface area contributed by atoms with Gasteiger partial charge in [0.25, 0.3) is 0 Å². The van der Waals surface area contributed by atoms with E-state index in [0.717, 1.165) is 13.0 Å². The number of amides is 1. The van der Waals surface area contributed by atoms with E-state index in [9.17, 15) is 4.79 Å². The SMILES string of the molecule is CC(C)[C@H]1CN(C(=O)OC(C)(C)C)CCN1c1cccc(Cc2ccccc2)c1. The van der Waals surface area contributed by atoms with Crippen LogP contribution < -0.4 is 4.90 Å². The van der Waals surface area contributed by atoms with Crippen LogP contribution in [0.15, 0.2) is 54.6 Å². The van der Waals surface area contributed by atoms with Crippen LogP contribution in [0.2, 0.25) is 0 Å². The molecule has 29 heavy (non-hydrogen) atoms. The molecule has 0 unspecified atom stereocenters. The Hall–Kier alpha value is -2.49. The maximum absolute atomic E-state index is 12.6. The van der Waals surface area contributed by atoms with Crippen LogP contribution in [0.5, 0.6) is 0 Å². The Morgan fingerprint density at radius 3 is 2.38 bits per heavy atom. The maximum Gasteiger partial charge on any atom is 0.410 e. The second-order valence-electron chi connectivity index (χ2n) is 9.26. The number of hydrogen-bond donors (Lipinski definition) is 0. The largest absolute Gasteiger partial charge is 0.444 e. The zero-order valence-electron chi connectivity index (χ0n) is 18.4. The van der Waals surface area contributed by atoms with Gasteiger partial charge in [0.1, 0.15) is 5.60 Å². The highest BCUT2D eigenvalue weighted by atomic mass is 16.6. The predicted octanol–water partition coefficient (Wildman–Crippen LogP) is 5.36. The molecule has 2 aromatic rings. The Labute approximate surface area is 175 Å². The molecule has 156 valence electrons. The van der Waals surface area contributed by atoms with Gasteiger partial charge in [-0.2, -0.15) is 0 Å². The van der Waals surface area contributed by atoms with Gasteiger partial charge in [0.15, 0.2) is 0 Å². The maximum atomic E-state index is 12.6. The summed E-state index contributed by atoms with van der Waals surface area (Å²) in [5.74, 6) is 0.429. The van der Waals surface area contributed by atoms with E-state index in [1.807, 2.05) is 25.7 Å². The van der Waals surface area contributed by atoms with Crippen LogP contribution in [-0.4, -0.2) is 42.3 Å². The summed E-state index contributed by atoms with van der Waals surface area (Å²) in [5.41, 5.74) is 3.40.